The van der Waals surface area contributed by atoms with Crippen molar-refractivity contribution in [1.29, 1.82) is 0 Å². The van der Waals surface area contributed by atoms with Gasteiger partial charge in [0.2, 0.25) is 11.5 Å². The normalized spacial score (nSPS) is 18.6. The van der Waals surface area contributed by atoms with Crippen LogP contribution >= 0.6 is 0 Å². The van der Waals surface area contributed by atoms with Crippen molar-refractivity contribution in [1.82, 2.24) is 25.0 Å². The molecular formula is C22H23N5O3. The Morgan fingerprint density at radius 3 is 2.80 bits per heavy atom. The lowest BCUT2D eigenvalue weighted by atomic mass is 9.95. The molecule has 1 aromatic carbocycles. The van der Waals surface area contributed by atoms with Gasteiger partial charge in [0.05, 0.1) is 18.8 Å². The summed E-state index contributed by atoms with van der Waals surface area (Å²) in [6.45, 7) is 0.978. The molecule has 8 heteroatoms. The molecule has 3 aromatic rings. The van der Waals surface area contributed by atoms with Crippen LogP contribution in [0.15, 0.2) is 65.8 Å². The highest BCUT2D eigenvalue weighted by Crippen LogP contribution is 2.36. The van der Waals surface area contributed by atoms with Crippen molar-refractivity contribution >= 4 is 11.8 Å². The van der Waals surface area contributed by atoms with Gasteiger partial charge in [-0.3, -0.25) is 19.1 Å². The molecule has 0 radical (unpaired) electrons. The summed E-state index contributed by atoms with van der Waals surface area (Å²) in [7, 11) is 1.78. The van der Waals surface area contributed by atoms with Crippen molar-refractivity contribution in [3.8, 4) is 0 Å². The number of nitrogens with one attached hydrogen (secondary N) is 2. The van der Waals surface area contributed by atoms with E-state index < -0.39 is 0 Å². The predicted octanol–water partition coefficient (Wildman–Crippen LogP) is 1.57. The number of carbonyl (C=O) groups is 2. The Morgan fingerprint density at radius 1 is 1.23 bits per heavy atom. The number of H-pyrrole nitrogens is 1. The van der Waals surface area contributed by atoms with E-state index in [1.54, 1.807) is 24.2 Å². The molecule has 0 spiro atoms. The first-order valence-electron chi connectivity index (χ1n) is 9.80. The molecule has 2 N–H and O–H groups in total. The fourth-order valence-electron chi connectivity index (χ4n) is 3.93. The van der Waals surface area contributed by atoms with Crippen LogP contribution in [0.4, 0.5) is 0 Å². The summed E-state index contributed by atoms with van der Waals surface area (Å²) < 4.78 is 1.85. The Labute approximate surface area is 173 Å². The number of likely N-dealkylation sites (tertiary alicyclic amines) is 1. The molecule has 1 aliphatic heterocycles. The number of pyridine rings is 1. The Balaban J connectivity index is 1.46. The second kappa shape index (κ2) is 8.36. The molecular weight excluding hydrogens is 382 g/mol. The van der Waals surface area contributed by atoms with Crippen molar-refractivity contribution in [2.45, 2.75) is 19.0 Å². The van der Waals surface area contributed by atoms with Gasteiger partial charge in [-0.15, -0.1) is 0 Å². The molecule has 1 saturated heterocycles. The fourth-order valence-corrected chi connectivity index (χ4v) is 3.93. The van der Waals surface area contributed by atoms with Crippen LogP contribution in [0, 0.1) is 5.92 Å². The monoisotopic (exact) mass is 405 g/mol. The van der Waals surface area contributed by atoms with Crippen molar-refractivity contribution < 1.29 is 9.59 Å². The lowest BCUT2D eigenvalue weighted by Crippen LogP contribution is -2.33. The van der Waals surface area contributed by atoms with E-state index in [1.165, 1.54) is 12.3 Å². The first kappa shape index (κ1) is 19.6. The third-order valence-electron chi connectivity index (χ3n) is 5.44. The van der Waals surface area contributed by atoms with E-state index in [1.807, 2.05) is 41.2 Å². The minimum absolute atomic E-state index is 0.0335. The van der Waals surface area contributed by atoms with E-state index in [9.17, 15) is 14.4 Å². The molecule has 0 saturated carbocycles. The molecule has 1 aliphatic rings. The van der Waals surface area contributed by atoms with Gasteiger partial charge < -0.3 is 15.2 Å². The molecule has 0 bridgehead atoms. The van der Waals surface area contributed by atoms with E-state index >= 15 is 0 Å². The summed E-state index contributed by atoms with van der Waals surface area (Å²) in [6, 6.07) is 12.7. The summed E-state index contributed by atoms with van der Waals surface area (Å²) >= 11 is 0. The Bertz CT molecular complexity index is 1100. The molecule has 154 valence electrons. The first-order valence-corrected chi connectivity index (χ1v) is 9.80. The van der Waals surface area contributed by atoms with E-state index in [4.69, 9.17) is 0 Å². The molecule has 8 nitrogen and oxygen atoms in total. The van der Waals surface area contributed by atoms with Gasteiger partial charge in [0, 0.05) is 55.5 Å². The molecule has 2 aromatic heterocycles. The van der Waals surface area contributed by atoms with E-state index in [0.717, 1.165) is 11.1 Å². The third kappa shape index (κ3) is 4.17. The highest BCUT2D eigenvalue weighted by atomic mass is 16.2. The van der Waals surface area contributed by atoms with Crippen LogP contribution in [0.3, 0.4) is 0 Å². The second-order valence-corrected chi connectivity index (χ2v) is 7.52. The van der Waals surface area contributed by atoms with Gasteiger partial charge in [-0.05, 0) is 11.6 Å². The summed E-state index contributed by atoms with van der Waals surface area (Å²) in [5.41, 5.74) is 2.05. The number of amides is 2. The summed E-state index contributed by atoms with van der Waals surface area (Å²) in [4.78, 5) is 40.4. The van der Waals surface area contributed by atoms with E-state index in [2.05, 4.69) is 15.4 Å². The van der Waals surface area contributed by atoms with Crippen LogP contribution in [0.1, 0.15) is 33.9 Å². The molecule has 1 fully saturated rings. The maximum Gasteiger partial charge on any atom is 0.251 e. The average molecular weight is 405 g/mol. The molecule has 30 heavy (non-hydrogen) atoms. The lowest BCUT2D eigenvalue weighted by molar-refractivity contribution is -0.127. The zero-order valence-corrected chi connectivity index (χ0v) is 16.6. The number of nitrogens with zero attached hydrogens (tertiary/aromatic N) is 3. The molecule has 2 amide bonds. The van der Waals surface area contributed by atoms with Crippen molar-refractivity contribution in [3.05, 3.63) is 88.1 Å². The maximum atomic E-state index is 12.4. The highest BCUT2D eigenvalue weighted by molar-refractivity contribution is 5.94. The van der Waals surface area contributed by atoms with Crippen LogP contribution in [-0.4, -0.2) is 45.1 Å². The number of rotatable bonds is 6. The number of aromatic amines is 1. The average Bonchev–Trinajstić information content (AvgIpc) is 3.31. The number of hydrogen-bond acceptors (Lipinski definition) is 4. The van der Waals surface area contributed by atoms with Gasteiger partial charge >= 0.3 is 0 Å². The minimum Gasteiger partial charge on any atom is -0.352 e. The minimum atomic E-state index is -0.332. The molecule has 3 heterocycles. The van der Waals surface area contributed by atoms with Gasteiger partial charge in [0.1, 0.15) is 0 Å². The maximum absolute atomic E-state index is 12.4. The topological polar surface area (TPSA) is 100 Å². The molecule has 2 atom stereocenters. The molecule has 0 aliphatic carbocycles. The zero-order valence-electron chi connectivity index (χ0n) is 16.6. The van der Waals surface area contributed by atoms with Crippen molar-refractivity contribution in [3.63, 3.8) is 0 Å². The highest BCUT2D eigenvalue weighted by Gasteiger charge is 2.39. The second-order valence-electron chi connectivity index (χ2n) is 7.52. The van der Waals surface area contributed by atoms with Gasteiger partial charge in [0.15, 0.2) is 0 Å². The number of aromatic nitrogens is 3. The van der Waals surface area contributed by atoms with Gasteiger partial charge in [-0.1, -0.05) is 30.3 Å². The van der Waals surface area contributed by atoms with Gasteiger partial charge in [-0.25, -0.2) is 0 Å². The van der Waals surface area contributed by atoms with E-state index in [0.29, 0.717) is 25.1 Å². The number of hydrogen-bond donors (Lipinski definition) is 2. The first-order chi connectivity index (χ1) is 14.5. The Hall–Kier alpha value is -3.68. The van der Waals surface area contributed by atoms with Crippen LogP contribution in [0.2, 0.25) is 0 Å². The fraction of sp³-hybridized carbons (Fsp3) is 0.273. The van der Waals surface area contributed by atoms with E-state index in [-0.39, 0.29) is 29.3 Å². The Morgan fingerprint density at radius 2 is 2.03 bits per heavy atom. The van der Waals surface area contributed by atoms with Crippen LogP contribution in [0.5, 0.6) is 0 Å². The van der Waals surface area contributed by atoms with Gasteiger partial charge in [0.25, 0.3) is 5.91 Å². The van der Waals surface area contributed by atoms with Crippen LogP contribution in [-0.2, 0) is 11.3 Å². The predicted molar refractivity (Wildman–Crippen MR) is 111 cm³/mol. The summed E-state index contributed by atoms with van der Waals surface area (Å²) in [6.07, 6.45) is 5.53. The van der Waals surface area contributed by atoms with Crippen molar-refractivity contribution in [2.75, 3.05) is 13.6 Å². The zero-order chi connectivity index (χ0) is 21.1. The Kier molecular flexibility index (Phi) is 5.47. The third-order valence-corrected chi connectivity index (χ3v) is 5.44. The summed E-state index contributed by atoms with van der Waals surface area (Å²) in [5, 5.41) is 7.31. The molecule has 0 unspecified atom stereocenters. The van der Waals surface area contributed by atoms with Crippen molar-refractivity contribution in [2.24, 2.45) is 5.92 Å². The lowest BCUT2D eigenvalue weighted by Gasteiger charge is -2.24. The van der Waals surface area contributed by atoms with Gasteiger partial charge in [-0.2, -0.15) is 5.10 Å². The number of benzene rings is 1. The summed E-state index contributed by atoms with van der Waals surface area (Å²) in [5.74, 6) is -0.379. The van der Waals surface area contributed by atoms with Crippen LogP contribution in [0.25, 0.3) is 0 Å². The number of carbonyl (C=O) groups excluding carboxylic acids is 2. The largest absolute Gasteiger partial charge is 0.352 e. The van der Waals surface area contributed by atoms with Crippen LogP contribution < -0.4 is 10.9 Å². The SMILES string of the molecule is CN1C(=O)C[C@@H](CNC(=O)c2cc[nH]c(=O)c2)[C@@H]1c1cnn(Cc2ccccc2)c1. The molecule has 4 rings (SSSR count). The standard InChI is InChI=1S/C22H23N5O3/c1-26-20(29)10-17(11-24-22(30)16-7-8-23-19(28)9-16)21(26)18-12-25-27(14-18)13-15-5-3-2-4-6-15/h2-9,12,14,17,21H,10-11,13H2,1H3,(H,23,28)(H,24,30)/t17-,21+/m0/s1. The smallest absolute Gasteiger partial charge is 0.251 e. The quantitative estimate of drug-likeness (QED) is 0.650.